The molecule has 4 nitrogen and oxygen atoms in total. The monoisotopic (exact) mass is 393 g/mol. The van der Waals surface area contributed by atoms with E-state index >= 15 is 0 Å². The molecule has 2 aliphatic rings. The van der Waals surface area contributed by atoms with Gasteiger partial charge in [0.1, 0.15) is 0 Å². The first-order valence-corrected chi connectivity index (χ1v) is 9.92. The number of halogens is 1. The van der Waals surface area contributed by atoms with Crippen LogP contribution in [0.2, 0.25) is 0 Å². The third-order valence-electron chi connectivity index (χ3n) is 5.25. The molecule has 2 fully saturated rings. The maximum atomic E-state index is 12.4. The highest BCUT2D eigenvalue weighted by molar-refractivity contribution is 9.10. The standard InChI is InChI=1S/C19H28BrN3O/c1-15(16-6-8-17(20)9-7-16)21-19(24)14-22-10-4-5-18(13-22)23-11-2-3-12-23/h6-9,15,18H,2-5,10-14H2,1H3,(H,21,24). The van der Waals surface area contributed by atoms with E-state index in [0.29, 0.717) is 12.6 Å². The molecule has 2 atom stereocenters. The average Bonchev–Trinajstić information content (AvgIpc) is 3.10. The van der Waals surface area contributed by atoms with Crippen molar-refractivity contribution in [2.24, 2.45) is 0 Å². The van der Waals surface area contributed by atoms with Gasteiger partial charge in [0.25, 0.3) is 0 Å². The number of nitrogens with one attached hydrogen (secondary N) is 1. The van der Waals surface area contributed by atoms with E-state index in [1.165, 1.54) is 38.8 Å². The lowest BCUT2D eigenvalue weighted by molar-refractivity contribution is -0.123. The van der Waals surface area contributed by atoms with Gasteiger partial charge < -0.3 is 5.32 Å². The van der Waals surface area contributed by atoms with Crippen molar-refractivity contribution in [1.29, 1.82) is 0 Å². The maximum absolute atomic E-state index is 12.4. The highest BCUT2D eigenvalue weighted by atomic mass is 79.9. The molecule has 0 saturated carbocycles. The lowest BCUT2D eigenvalue weighted by Gasteiger charge is -2.37. The Morgan fingerprint density at radius 3 is 2.62 bits per heavy atom. The van der Waals surface area contributed by atoms with Crippen LogP contribution >= 0.6 is 15.9 Å². The van der Waals surface area contributed by atoms with E-state index in [1.807, 2.05) is 19.1 Å². The van der Waals surface area contributed by atoms with E-state index in [0.717, 1.165) is 23.1 Å². The average molecular weight is 394 g/mol. The summed E-state index contributed by atoms with van der Waals surface area (Å²) in [4.78, 5) is 17.4. The van der Waals surface area contributed by atoms with Crippen molar-refractivity contribution in [3.63, 3.8) is 0 Å². The molecule has 0 bridgehead atoms. The third kappa shape index (κ3) is 4.80. The molecule has 0 spiro atoms. The van der Waals surface area contributed by atoms with Crippen LogP contribution < -0.4 is 5.32 Å². The van der Waals surface area contributed by atoms with E-state index < -0.39 is 0 Å². The Morgan fingerprint density at radius 1 is 1.21 bits per heavy atom. The van der Waals surface area contributed by atoms with Crippen molar-refractivity contribution >= 4 is 21.8 Å². The van der Waals surface area contributed by atoms with Crippen LogP contribution in [0.15, 0.2) is 28.7 Å². The first kappa shape index (κ1) is 17.9. The minimum atomic E-state index is 0.0461. The number of likely N-dealkylation sites (tertiary alicyclic amines) is 2. The van der Waals surface area contributed by atoms with Crippen molar-refractivity contribution in [2.45, 2.75) is 44.7 Å². The molecular formula is C19H28BrN3O. The Kier molecular flexibility index (Phi) is 6.31. The second-order valence-corrected chi connectivity index (χ2v) is 8.03. The molecule has 1 N–H and O–H groups in total. The number of hydrogen-bond donors (Lipinski definition) is 1. The lowest BCUT2D eigenvalue weighted by atomic mass is 10.0. The lowest BCUT2D eigenvalue weighted by Crippen LogP contribution is -2.49. The predicted molar refractivity (Wildman–Crippen MR) is 101 cm³/mol. The molecule has 2 unspecified atom stereocenters. The molecule has 24 heavy (non-hydrogen) atoms. The van der Waals surface area contributed by atoms with Crippen molar-refractivity contribution in [2.75, 3.05) is 32.7 Å². The summed E-state index contributed by atoms with van der Waals surface area (Å²) >= 11 is 3.45. The van der Waals surface area contributed by atoms with Gasteiger partial charge in [-0.3, -0.25) is 14.6 Å². The summed E-state index contributed by atoms with van der Waals surface area (Å²) in [6.45, 7) is 7.14. The molecule has 5 heteroatoms. The Morgan fingerprint density at radius 2 is 1.92 bits per heavy atom. The first-order chi connectivity index (χ1) is 11.6. The summed E-state index contributed by atoms with van der Waals surface area (Å²) < 4.78 is 1.06. The van der Waals surface area contributed by atoms with Crippen molar-refractivity contribution in [3.05, 3.63) is 34.3 Å². The van der Waals surface area contributed by atoms with Crippen LogP contribution in [0.5, 0.6) is 0 Å². The Hall–Kier alpha value is -0.910. The largest absolute Gasteiger partial charge is 0.348 e. The molecular weight excluding hydrogens is 366 g/mol. The highest BCUT2D eigenvalue weighted by Gasteiger charge is 2.28. The van der Waals surface area contributed by atoms with E-state index in [2.05, 4.69) is 43.2 Å². The number of carbonyl (C=O) groups is 1. The molecule has 0 radical (unpaired) electrons. The third-order valence-corrected chi connectivity index (χ3v) is 5.78. The Labute approximate surface area is 153 Å². The van der Waals surface area contributed by atoms with E-state index in [4.69, 9.17) is 0 Å². The van der Waals surface area contributed by atoms with Crippen LogP contribution in [0, 0.1) is 0 Å². The van der Waals surface area contributed by atoms with Gasteiger partial charge in [0.2, 0.25) is 5.91 Å². The summed E-state index contributed by atoms with van der Waals surface area (Å²) in [6, 6.07) is 8.84. The molecule has 1 aromatic carbocycles. The number of piperidine rings is 1. The molecule has 2 saturated heterocycles. The van der Waals surface area contributed by atoms with Gasteiger partial charge in [-0.05, 0) is 69.9 Å². The van der Waals surface area contributed by atoms with Gasteiger partial charge in [-0.1, -0.05) is 28.1 Å². The van der Waals surface area contributed by atoms with E-state index in [-0.39, 0.29) is 11.9 Å². The number of rotatable bonds is 5. The molecule has 1 aromatic rings. The second-order valence-electron chi connectivity index (χ2n) is 7.11. The zero-order chi connectivity index (χ0) is 16.9. The van der Waals surface area contributed by atoms with Gasteiger partial charge in [0.15, 0.2) is 0 Å². The van der Waals surface area contributed by atoms with Gasteiger partial charge in [-0.25, -0.2) is 0 Å². The maximum Gasteiger partial charge on any atom is 0.234 e. The van der Waals surface area contributed by atoms with Crippen LogP contribution in [0.25, 0.3) is 0 Å². The fraction of sp³-hybridized carbons (Fsp3) is 0.632. The topological polar surface area (TPSA) is 35.6 Å². The van der Waals surface area contributed by atoms with E-state index in [9.17, 15) is 4.79 Å². The van der Waals surface area contributed by atoms with Crippen molar-refractivity contribution < 1.29 is 4.79 Å². The molecule has 1 amide bonds. The number of benzene rings is 1. The summed E-state index contributed by atoms with van der Waals surface area (Å²) in [5, 5.41) is 3.14. The number of nitrogens with zero attached hydrogens (tertiary/aromatic N) is 2. The normalized spacial score (nSPS) is 24.0. The smallest absolute Gasteiger partial charge is 0.234 e. The van der Waals surface area contributed by atoms with Gasteiger partial charge in [0.05, 0.1) is 12.6 Å². The van der Waals surface area contributed by atoms with Crippen LogP contribution in [-0.2, 0) is 4.79 Å². The molecule has 132 valence electrons. The minimum Gasteiger partial charge on any atom is -0.348 e. The summed E-state index contributed by atoms with van der Waals surface area (Å²) in [5.41, 5.74) is 1.14. The minimum absolute atomic E-state index is 0.0461. The molecule has 0 aliphatic carbocycles. The fourth-order valence-corrected chi connectivity index (χ4v) is 4.17. The van der Waals surface area contributed by atoms with Gasteiger partial charge in [-0.15, -0.1) is 0 Å². The van der Waals surface area contributed by atoms with Crippen molar-refractivity contribution in [1.82, 2.24) is 15.1 Å². The molecule has 2 heterocycles. The van der Waals surface area contributed by atoms with Gasteiger partial charge >= 0.3 is 0 Å². The van der Waals surface area contributed by atoms with Gasteiger partial charge in [-0.2, -0.15) is 0 Å². The SMILES string of the molecule is CC(NC(=O)CN1CCCC(N2CCCC2)C1)c1ccc(Br)cc1. The summed E-state index contributed by atoms with van der Waals surface area (Å²) in [6.07, 6.45) is 5.16. The van der Waals surface area contributed by atoms with Crippen LogP contribution in [0.4, 0.5) is 0 Å². The number of carbonyl (C=O) groups excluding carboxylic acids is 1. The number of amides is 1. The summed E-state index contributed by atoms with van der Waals surface area (Å²) in [5.74, 6) is 0.132. The zero-order valence-electron chi connectivity index (χ0n) is 14.5. The van der Waals surface area contributed by atoms with E-state index in [1.54, 1.807) is 0 Å². The fourth-order valence-electron chi connectivity index (χ4n) is 3.90. The Bertz CT molecular complexity index is 542. The summed E-state index contributed by atoms with van der Waals surface area (Å²) in [7, 11) is 0. The predicted octanol–water partition coefficient (Wildman–Crippen LogP) is 3.19. The molecule has 0 aromatic heterocycles. The zero-order valence-corrected chi connectivity index (χ0v) is 16.1. The van der Waals surface area contributed by atoms with Crippen LogP contribution in [0.3, 0.4) is 0 Å². The Balaban J connectivity index is 1.47. The second kappa shape index (κ2) is 8.45. The quantitative estimate of drug-likeness (QED) is 0.833. The first-order valence-electron chi connectivity index (χ1n) is 9.13. The number of hydrogen-bond acceptors (Lipinski definition) is 3. The van der Waals surface area contributed by atoms with Crippen molar-refractivity contribution in [3.8, 4) is 0 Å². The molecule has 2 aliphatic heterocycles. The molecule has 3 rings (SSSR count). The van der Waals surface area contributed by atoms with Gasteiger partial charge in [0, 0.05) is 17.1 Å². The van der Waals surface area contributed by atoms with Crippen LogP contribution in [0.1, 0.15) is 44.2 Å². The van der Waals surface area contributed by atoms with Crippen LogP contribution in [-0.4, -0.2) is 54.5 Å². The highest BCUT2D eigenvalue weighted by Crippen LogP contribution is 2.20.